The summed E-state index contributed by atoms with van der Waals surface area (Å²) in [6.45, 7) is 1.17. The van der Waals surface area contributed by atoms with Gasteiger partial charge < -0.3 is 20.1 Å². The summed E-state index contributed by atoms with van der Waals surface area (Å²) in [6, 6.07) is 4.37. The van der Waals surface area contributed by atoms with Gasteiger partial charge in [-0.1, -0.05) is 12.5 Å². The van der Waals surface area contributed by atoms with Crippen molar-refractivity contribution >= 4 is 12.0 Å². The SMILES string of the molecule is COCc1cc(CNC(=O)N2C[C@@H]3CCC[C@@]3(C(=O)O)C2)ccc1F. The molecule has 2 amide bonds. The van der Waals surface area contributed by atoms with Crippen molar-refractivity contribution in [1.82, 2.24) is 10.2 Å². The molecular weight excluding hydrogens is 327 g/mol. The van der Waals surface area contributed by atoms with E-state index in [1.54, 1.807) is 17.0 Å². The molecule has 2 N–H and O–H groups in total. The van der Waals surface area contributed by atoms with Crippen molar-refractivity contribution in [2.75, 3.05) is 20.2 Å². The van der Waals surface area contributed by atoms with Crippen LogP contribution in [-0.2, 0) is 22.7 Å². The number of carboxylic acid groups (broad SMARTS) is 1. The zero-order chi connectivity index (χ0) is 18.0. The van der Waals surface area contributed by atoms with E-state index in [-0.39, 0.29) is 37.5 Å². The Morgan fingerprint density at radius 3 is 2.96 bits per heavy atom. The highest BCUT2D eigenvalue weighted by atomic mass is 19.1. The highest BCUT2D eigenvalue weighted by molar-refractivity contribution is 5.80. The van der Waals surface area contributed by atoms with Crippen LogP contribution in [0.3, 0.4) is 0 Å². The van der Waals surface area contributed by atoms with Crippen LogP contribution in [0.2, 0.25) is 0 Å². The van der Waals surface area contributed by atoms with Crippen LogP contribution < -0.4 is 5.32 Å². The molecule has 7 heteroatoms. The van der Waals surface area contributed by atoms with Gasteiger partial charge in [-0.3, -0.25) is 4.79 Å². The summed E-state index contributed by atoms with van der Waals surface area (Å²) < 4.78 is 18.6. The molecule has 0 spiro atoms. The summed E-state index contributed by atoms with van der Waals surface area (Å²) in [5.74, 6) is -1.10. The van der Waals surface area contributed by atoms with Crippen LogP contribution in [0.15, 0.2) is 18.2 Å². The van der Waals surface area contributed by atoms with E-state index in [1.165, 1.54) is 13.2 Å². The van der Waals surface area contributed by atoms with Crippen molar-refractivity contribution in [1.29, 1.82) is 0 Å². The molecular formula is C18H23FN2O4. The Bertz CT molecular complexity index is 681. The van der Waals surface area contributed by atoms with Gasteiger partial charge in [-0.05, 0) is 36.5 Å². The average molecular weight is 350 g/mol. The van der Waals surface area contributed by atoms with Gasteiger partial charge in [-0.15, -0.1) is 0 Å². The Balaban J connectivity index is 1.60. The predicted molar refractivity (Wildman–Crippen MR) is 88.3 cm³/mol. The molecule has 0 bridgehead atoms. The number of hydrogen-bond acceptors (Lipinski definition) is 3. The molecule has 1 aliphatic heterocycles. The second-order valence-corrected chi connectivity index (χ2v) is 6.95. The Morgan fingerprint density at radius 1 is 1.48 bits per heavy atom. The van der Waals surface area contributed by atoms with E-state index < -0.39 is 11.4 Å². The number of nitrogens with one attached hydrogen (secondary N) is 1. The van der Waals surface area contributed by atoms with Gasteiger partial charge >= 0.3 is 12.0 Å². The number of carboxylic acids is 1. The normalized spacial score (nSPS) is 25.0. The van der Waals surface area contributed by atoms with Crippen LogP contribution in [0.25, 0.3) is 0 Å². The number of rotatable bonds is 5. The molecule has 2 fully saturated rings. The van der Waals surface area contributed by atoms with Gasteiger partial charge in [-0.2, -0.15) is 0 Å². The third kappa shape index (κ3) is 3.33. The van der Waals surface area contributed by atoms with E-state index in [1.807, 2.05) is 0 Å². The Morgan fingerprint density at radius 2 is 2.28 bits per heavy atom. The lowest BCUT2D eigenvalue weighted by molar-refractivity contribution is -0.149. The molecule has 3 rings (SSSR count). The number of carbonyl (C=O) groups excluding carboxylic acids is 1. The van der Waals surface area contributed by atoms with Gasteiger partial charge in [0.05, 0.1) is 12.0 Å². The molecule has 1 saturated carbocycles. The number of likely N-dealkylation sites (tertiary alicyclic amines) is 1. The fraction of sp³-hybridized carbons (Fsp3) is 0.556. The number of ether oxygens (including phenoxy) is 1. The summed E-state index contributed by atoms with van der Waals surface area (Å²) in [7, 11) is 1.50. The van der Waals surface area contributed by atoms with Crippen molar-refractivity contribution in [2.45, 2.75) is 32.4 Å². The minimum absolute atomic E-state index is 0.0369. The van der Waals surface area contributed by atoms with Gasteiger partial charge in [0.15, 0.2) is 0 Å². The number of halogens is 1. The second-order valence-electron chi connectivity index (χ2n) is 6.95. The molecule has 1 aromatic rings. The Hall–Kier alpha value is -2.15. The molecule has 0 radical (unpaired) electrons. The number of urea groups is 1. The number of nitrogens with zero attached hydrogens (tertiary/aromatic N) is 1. The lowest BCUT2D eigenvalue weighted by Crippen LogP contribution is -2.41. The van der Waals surface area contributed by atoms with Crippen LogP contribution >= 0.6 is 0 Å². The smallest absolute Gasteiger partial charge is 0.317 e. The van der Waals surface area contributed by atoms with E-state index in [2.05, 4.69) is 5.32 Å². The zero-order valence-corrected chi connectivity index (χ0v) is 14.3. The molecule has 1 aliphatic carbocycles. The lowest BCUT2D eigenvalue weighted by atomic mass is 9.81. The minimum Gasteiger partial charge on any atom is -0.481 e. The first-order valence-electron chi connectivity index (χ1n) is 8.48. The summed E-state index contributed by atoms with van der Waals surface area (Å²) in [4.78, 5) is 25.7. The quantitative estimate of drug-likeness (QED) is 0.854. The number of methoxy groups -OCH3 is 1. The molecule has 6 nitrogen and oxygen atoms in total. The van der Waals surface area contributed by atoms with E-state index in [0.29, 0.717) is 18.5 Å². The number of aliphatic carboxylic acids is 1. The van der Waals surface area contributed by atoms with Crippen LogP contribution in [0.4, 0.5) is 9.18 Å². The van der Waals surface area contributed by atoms with Gasteiger partial charge in [0.1, 0.15) is 5.82 Å². The maximum atomic E-state index is 13.6. The first-order valence-corrected chi connectivity index (χ1v) is 8.48. The van der Waals surface area contributed by atoms with E-state index >= 15 is 0 Å². The fourth-order valence-corrected chi connectivity index (χ4v) is 4.09. The van der Waals surface area contributed by atoms with Crippen molar-refractivity contribution in [3.63, 3.8) is 0 Å². The summed E-state index contributed by atoms with van der Waals surface area (Å²) in [6.07, 6.45) is 2.40. The van der Waals surface area contributed by atoms with Crippen molar-refractivity contribution in [3.05, 3.63) is 35.1 Å². The van der Waals surface area contributed by atoms with E-state index in [4.69, 9.17) is 4.74 Å². The summed E-state index contributed by atoms with van der Waals surface area (Å²) >= 11 is 0. The summed E-state index contributed by atoms with van der Waals surface area (Å²) in [5, 5.41) is 12.4. The first kappa shape index (κ1) is 17.7. The summed E-state index contributed by atoms with van der Waals surface area (Å²) in [5.41, 5.74) is 0.433. The van der Waals surface area contributed by atoms with Crippen LogP contribution in [0.1, 0.15) is 30.4 Å². The lowest BCUT2D eigenvalue weighted by Gasteiger charge is -2.23. The maximum absolute atomic E-state index is 13.6. The second kappa shape index (κ2) is 7.00. The first-order chi connectivity index (χ1) is 12.0. The minimum atomic E-state index is -0.798. The van der Waals surface area contributed by atoms with E-state index in [9.17, 15) is 19.1 Å². The largest absolute Gasteiger partial charge is 0.481 e. The monoisotopic (exact) mass is 350 g/mol. The van der Waals surface area contributed by atoms with Gasteiger partial charge in [0, 0.05) is 32.3 Å². The molecule has 0 aromatic heterocycles. The molecule has 0 unspecified atom stereocenters. The third-order valence-corrected chi connectivity index (χ3v) is 5.44. The number of carbonyl (C=O) groups is 2. The maximum Gasteiger partial charge on any atom is 0.317 e. The van der Waals surface area contributed by atoms with Crippen molar-refractivity contribution in [3.8, 4) is 0 Å². The molecule has 25 heavy (non-hydrogen) atoms. The Labute approximate surface area is 146 Å². The molecule has 1 saturated heterocycles. The predicted octanol–water partition coefficient (Wildman–Crippen LogP) is 2.37. The van der Waals surface area contributed by atoms with Crippen LogP contribution in [-0.4, -0.2) is 42.2 Å². The number of amides is 2. The molecule has 1 aromatic carbocycles. The topological polar surface area (TPSA) is 78.9 Å². The number of benzene rings is 1. The van der Waals surface area contributed by atoms with Crippen molar-refractivity contribution in [2.24, 2.45) is 11.3 Å². The Kier molecular flexibility index (Phi) is 4.94. The zero-order valence-electron chi connectivity index (χ0n) is 14.3. The average Bonchev–Trinajstić information content (AvgIpc) is 3.14. The highest BCUT2D eigenvalue weighted by Gasteiger charge is 2.55. The molecule has 2 atom stereocenters. The number of fused-ring (bicyclic) bond motifs is 1. The van der Waals surface area contributed by atoms with Gasteiger partial charge in [0.25, 0.3) is 0 Å². The molecule has 1 heterocycles. The highest BCUT2D eigenvalue weighted by Crippen LogP contribution is 2.48. The van der Waals surface area contributed by atoms with E-state index in [0.717, 1.165) is 18.4 Å². The fourth-order valence-electron chi connectivity index (χ4n) is 4.09. The third-order valence-electron chi connectivity index (χ3n) is 5.44. The molecule has 2 aliphatic rings. The van der Waals surface area contributed by atoms with Gasteiger partial charge in [0.2, 0.25) is 0 Å². The standard InChI is InChI=1S/C18H23FN2O4/c1-25-10-13-7-12(4-5-15(13)19)8-20-17(24)21-9-14-3-2-6-18(14,11-21)16(22)23/h4-5,7,14H,2-3,6,8-11H2,1H3,(H,20,24)(H,22,23)/t14-,18+/m0/s1. The van der Waals surface area contributed by atoms with Crippen LogP contribution in [0.5, 0.6) is 0 Å². The number of hydrogen-bond donors (Lipinski definition) is 2. The van der Waals surface area contributed by atoms with Crippen LogP contribution in [0, 0.1) is 17.2 Å². The van der Waals surface area contributed by atoms with Crippen molar-refractivity contribution < 1.29 is 23.8 Å². The van der Waals surface area contributed by atoms with Gasteiger partial charge in [-0.25, -0.2) is 9.18 Å². The molecule has 136 valence electrons.